The van der Waals surface area contributed by atoms with E-state index in [0.717, 1.165) is 26.8 Å². The van der Waals surface area contributed by atoms with Crippen LogP contribution in [0.3, 0.4) is 0 Å². The first-order chi connectivity index (χ1) is 11.0. The number of hydrogen-bond acceptors (Lipinski definition) is 7. The van der Waals surface area contributed by atoms with Crippen LogP contribution in [-0.4, -0.2) is 36.0 Å². The number of nitrogens with one attached hydrogen (secondary N) is 1. The van der Waals surface area contributed by atoms with Crippen LogP contribution in [0.2, 0.25) is 0 Å². The van der Waals surface area contributed by atoms with E-state index in [1.165, 1.54) is 32.0 Å². The van der Waals surface area contributed by atoms with Crippen molar-refractivity contribution in [3.05, 3.63) is 38.3 Å². The van der Waals surface area contributed by atoms with Crippen LogP contribution in [0, 0.1) is 5.92 Å². The molecular weight excluding hydrogens is 338 g/mol. The van der Waals surface area contributed by atoms with Crippen LogP contribution in [0.4, 0.5) is 0 Å². The zero-order valence-electron chi connectivity index (χ0n) is 12.5. The van der Waals surface area contributed by atoms with E-state index in [9.17, 15) is 14.7 Å². The Labute approximate surface area is 140 Å². The fraction of sp³-hybridized carbons (Fsp3) is 0.333. The summed E-state index contributed by atoms with van der Waals surface area (Å²) in [5, 5.41) is 10.6. The van der Waals surface area contributed by atoms with Gasteiger partial charge in [0.05, 0.1) is 25.2 Å². The molecule has 2 atom stereocenters. The monoisotopic (exact) mass is 353 g/mol. The van der Waals surface area contributed by atoms with E-state index in [1.807, 2.05) is 0 Å². The Hall–Kier alpha value is -1.93. The highest BCUT2D eigenvalue weighted by Gasteiger charge is 2.39. The van der Waals surface area contributed by atoms with Gasteiger partial charge in [0.1, 0.15) is 0 Å². The van der Waals surface area contributed by atoms with E-state index in [-0.39, 0.29) is 22.5 Å². The van der Waals surface area contributed by atoms with E-state index in [4.69, 9.17) is 9.47 Å². The minimum atomic E-state index is -0.404. The van der Waals surface area contributed by atoms with Crippen LogP contribution in [0.5, 0.6) is 11.5 Å². The second-order valence-corrected chi connectivity index (χ2v) is 7.10. The molecule has 0 unspecified atom stereocenters. The fourth-order valence-electron chi connectivity index (χ4n) is 2.72. The van der Waals surface area contributed by atoms with Crippen LogP contribution in [0.15, 0.2) is 28.0 Å². The molecular formula is C15H15NO5S2. The number of hydrogen-bond donors (Lipinski definition) is 2. The summed E-state index contributed by atoms with van der Waals surface area (Å²) in [5.41, 5.74) is 0.798. The number of fused-ring (bicyclic) bond motifs is 1. The highest BCUT2D eigenvalue weighted by molar-refractivity contribution is 7.99. The number of esters is 1. The number of benzene rings is 1. The lowest BCUT2D eigenvalue weighted by Crippen LogP contribution is -2.29. The Kier molecular flexibility index (Phi) is 4.36. The van der Waals surface area contributed by atoms with Gasteiger partial charge in [-0.1, -0.05) is 17.4 Å². The predicted octanol–water partition coefficient (Wildman–Crippen LogP) is 2.18. The Bertz CT molecular complexity index is 797. The summed E-state index contributed by atoms with van der Waals surface area (Å²) in [7, 11) is 2.82. The number of aromatic hydroxyl groups is 1. The third-order valence-electron chi connectivity index (χ3n) is 3.80. The molecule has 6 nitrogen and oxygen atoms in total. The number of phenols is 1. The van der Waals surface area contributed by atoms with Gasteiger partial charge in [-0.05, 0) is 17.7 Å². The molecule has 8 heteroatoms. The van der Waals surface area contributed by atoms with E-state index in [1.54, 1.807) is 12.1 Å². The van der Waals surface area contributed by atoms with Gasteiger partial charge in [-0.2, -0.15) is 0 Å². The molecule has 1 aromatic heterocycles. The number of H-pyrrole nitrogens is 1. The van der Waals surface area contributed by atoms with Crippen molar-refractivity contribution in [3.8, 4) is 11.5 Å². The van der Waals surface area contributed by atoms with Gasteiger partial charge in [-0.25, -0.2) is 0 Å². The number of thioether (sulfide) groups is 1. The normalized spacial score (nSPS) is 19.9. The number of ether oxygens (including phenoxy) is 2. The third kappa shape index (κ3) is 2.84. The molecule has 122 valence electrons. The SMILES string of the molecule is COC(=O)[C@@H]1CSc2[nH]c(=O)sc2[C@H]1c1ccc(O)c(OC)c1. The van der Waals surface area contributed by atoms with Gasteiger partial charge >= 0.3 is 10.8 Å². The molecule has 1 aliphatic rings. The van der Waals surface area contributed by atoms with E-state index in [0.29, 0.717) is 11.5 Å². The average molecular weight is 353 g/mol. The van der Waals surface area contributed by atoms with Crippen LogP contribution >= 0.6 is 23.1 Å². The van der Waals surface area contributed by atoms with Gasteiger partial charge < -0.3 is 19.6 Å². The van der Waals surface area contributed by atoms with Crippen LogP contribution < -0.4 is 9.61 Å². The Balaban J connectivity index is 2.14. The lowest BCUT2D eigenvalue weighted by atomic mass is 9.85. The number of thiazole rings is 1. The average Bonchev–Trinajstić information content (AvgIpc) is 2.94. The predicted molar refractivity (Wildman–Crippen MR) is 87.7 cm³/mol. The van der Waals surface area contributed by atoms with E-state index >= 15 is 0 Å². The van der Waals surface area contributed by atoms with Crippen molar-refractivity contribution in [2.75, 3.05) is 20.0 Å². The summed E-state index contributed by atoms with van der Waals surface area (Å²) in [6.45, 7) is 0. The van der Waals surface area contributed by atoms with Gasteiger partial charge in [0.2, 0.25) is 0 Å². The molecule has 0 saturated carbocycles. The summed E-state index contributed by atoms with van der Waals surface area (Å²) in [6.07, 6.45) is 0. The maximum absolute atomic E-state index is 12.2. The van der Waals surface area contributed by atoms with Crippen LogP contribution in [0.25, 0.3) is 0 Å². The molecule has 0 amide bonds. The molecule has 0 radical (unpaired) electrons. The number of carbonyl (C=O) groups is 1. The summed E-state index contributed by atoms with van der Waals surface area (Å²) < 4.78 is 10.1. The summed E-state index contributed by atoms with van der Waals surface area (Å²) in [4.78, 5) is 27.4. The Morgan fingerprint density at radius 2 is 2.17 bits per heavy atom. The van der Waals surface area contributed by atoms with Crippen LogP contribution in [-0.2, 0) is 9.53 Å². The molecule has 23 heavy (non-hydrogen) atoms. The first kappa shape index (κ1) is 15.9. The van der Waals surface area contributed by atoms with Crippen molar-refractivity contribution in [1.29, 1.82) is 0 Å². The van der Waals surface area contributed by atoms with Crippen molar-refractivity contribution < 1.29 is 19.4 Å². The molecule has 2 heterocycles. The van der Waals surface area contributed by atoms with Gasteiger partial charge in [-0.15, -0.1) is 11.8 Å². The number of aromatic amines is 1. The molecule has 0 aliphatic carbocycles. The topological polar surface area (TPSA) is 88.6 Å². The lowest BCUT2D eigenvalue weighted by Gasteiger charge is -2.29. The molecule has 2 N–H and O–H groups in total. The lowest BCUT2D eigenvalue weighted by molar-refractivity contribution is -0.145. The number of carbonyl (C=O) groups excluding carboxylic acids is 1. The summed E-state index contributed by atoms with van der Waals surface area (Å²) in [6, 6.07) is 4.96. The largest absolute Gasteiger partial charge is 0.504 e. The standard InChI is InChI=1S/C15H15NO5S2/c1-20-10-5-7(3-4-9(10)17)11-8(14(18)21-2)6-22-13-12(11)23-15(19)16-13/h3-5,8,11,17H,6H2,1-2H3,(H,16,19)/t8-,11+/m1/s1. The zero-order valence-corrected chi connectivity index (χ0v) is 14.1. The fourth-order valence-corrected chi connectivity index (χ4v) is 5.12. The van der Waals surface area contributed by atoms with Crippen molar-refractivity contribution in [1.82, 2.24) is 4.98 Å². The molecule has 1 aliphatic heterocycles. The van der Waals surface area contributed by atoms with Gasteiger partial charge in [-0.3, -0.25) is 9.59 Å². The van der Waals surface area contributed by atoms with Crippen molar-refractivity contribution in [3.63, 3.8) is 0 Å². The van der Waals surface area contributed by atoms with Crippen molar-refractivity contribution >= 4 is 29.1 Å². The maximum atomic E-state index is 12.2. The molecule has 0 saturated heterocycles. The second kappa shape index (κ2) is 6.29. The third-order valence-corrected chi connectivity index (χ3v) is 6.03. The zero-order chi connectivity index (χ0) is 16.6. The van der Waals surface area contributed by atoms with Crippen LogP contribution in [0.1, 0.15) is 16.4 Å². The molecule has 0 bridgehead atoms. The molecule has 1 aromatic carbocycles. The van der Waals surface area contributed by atoms with Gasteiger partial charge in [0.15, 0.2) is 11.5 Å². The van der Waals surface area contributed by atoms with Gasteiger partial charge in [0.25, 0.3) is 0 Å². The first-order valence-corrected chi connectivity index (χ1v) is 8.66. The molecule has 0 fully saturated rings. The summed E-state index contributed by atoms with van der Waals surface area (Å²) >= 11 is 2.55. The highest BCUT2D eigenvalue weighted by Crippen LogP contribution is 2.46. The van der Waals surface area contributed by atoms with Crippen molar-refractivity contribution in [2.24, 2.45) is 5.92 Å². The van der Waals surface area contributed by atoms with E-state index < -0.39 is 5.92 Å². The smallest absolute Gasteiger partial charge is 0.310 e. The minimum absolute atomic E-state index is 0.0264. The van der Waals surface area contributed by atoms with E-state index in [2.05, 4.69) is 4.98 Å². The van der Waals surface area contributed by atoms with Gasteiger partial charge in [0, 0.05) is 16.5 Å². The Morgan fingerprint density at radius 1 is 1.39 bits per heavy atom. The second-order valence-electron chi connectivity index (χ2n) is 5.06. The Morgan fingerprint density at radius 3 is 2.87 bits per heavy atom. The molecule has 3 rings (SSSR count). The molecule has 0 spiro atoms. The molecule has 2 aromatic rings. The quantitative estimate of drug-likeness (QED) is 0.822. The maximum Gasteiger partial charge on any atom is 0.310 e. The number of methoxy groups -OCH3 is 2. The van der Waals surface area contributed by atoms with Crippen molar-refractivity contribution in [2.45, 2.75) is 10.9 Å². The summed E-state index contributed by atoms with van der Waals surface area (Å²) in [5.74, 6) is -0.163. The number of rotatable bonds is 3. The number of aromatic nitrogens is 1. The first-order valence-electron chi connectivity index (χ1n) is 6.85. The highest BCUT2D eigenvalue weighted by atomic mass is 32.2. The minimum Gasteiger partial charge on any atom is -0.504 e. The number of phenolic OH excluding ortho intramolecular Hbond substituents is 1.